The van der Waals surface area contributed by atoms with Crippen molar-refractivity contribution in [2.24, 2.45) is 5.73 Å². The summed E-state index contributed by atoms with van der Waals surface area (Å²) < 4.78 is 0. The molecule has 0 unspecified atom stereocenters. The number of aromatic nitrogens is 4. The van der Waals surface area contributed by atoms with E-state index in [2.05, 4.69) is 27.2 Å². The van der Waals surface area contributed by atoms with Gasteiger partial charge in [0.25, 0.3) is 5.91 Å². The van der Waals surface area contributed by atoms with Crippen molar-refractivity contribution in [3.05, 3.63) is 12.4 Å². The molecule has 0 bridgehead atoms. The Kier molecular flexibility index (Phi) is 1.44. The smallest absolute Gasteiger partial charge is 0.252 e. The van der Waals surface area contributed by atoms with Crippen molar-refractivity contribution in [2.45, 2.75) is 0 Å². The minimum atomic E-state index is -0.651. The lowest BCUT2D eigenvalue weighted by atomic mass is 10.3. The molecule has 1 aromatic heterocycles. The monoisotopic (exact) mass is 139 g/mol. The number of H-pyrrole nitrogens is 1. The van der Waals surface area contributed by atoms with Crippen molar-refractivity contribution in [1.29, 1.82) is 0 Å². The van der Waals surface area contributed by atoms with E-state index in [9.17, 15) is 4.79 Å². The maximum Gasteiger partial charge on any atom is 0.252 e. The number of nitrogens with two attached hydrogens (primary N) is 1. The Balaban J connectivity index is 2.88. The van der Waals surface area contributed by atoms with Crippen molar-refractivity contribution in [2.75, 3.05) is 0 Å². The number of amides is 1. The minimum absolute atomic E-state index is 0.0498. The average Bonchev–Trinajstić information content (AvgIpc) is 2.36. The number of hydrogen-bond donors (Lipinski definition) is 2. The summed E-state index contributed by atoms with van der Waals surface area (Å²) in [5.74, 6) is -0.520. The summed E-state index contributed by atoms with van der Waals surface area (Å²) in [6, 6.07) is 0. The first-order chi connectivity index (χ1) is 4.72. The third kappa shape index (κ3) is 0.993. The Bertz CT molecular complexity index is 251. The van der Waals surface area contributed by atoms with Crippen molar-refractivity contribution in [3.63, 3.8) is 0 Å². The van der Waals surface area contributed by atoms with E-state index in [4.69, 9.17) is 5.73 Å². The third-order valence-corrected chi connectivity index (χ3v) is 0.913. The van der Waals surface area contributed by atoms with Crippen LogP contribution in [-0.2, 0) is 4.79 Å². The molecule has 52 valence electrons. The van der Waals surface area contributed by atoms with Gasteiger partial charge >= 0.3 is 0 Å². The molecular weight excluding hydrogens is 134 g/mol. The van der Waals surface area contributed by atoms with Gasteiger partial charge in [-0.2, -0.15) is 5.21 Å². The van der Waals surface area contributed by atoms with Gasteiger partial charge in [0.05, 0.1) is 5.57 Å². The average molecular weight is 139 g/mol. The third-order valence-electron chi connectivity index (χ3n) is 0.913. The zero-order chi connectivity index (χ0) is 7.56. The highest BCUT2D eigenvalue weighted by molar-refractivity contribution is 6.16. The van der Waals surface area contributed by atoms with E-state index in [0.29, 0.717) is 0 Å². The normalized spacial score (nSPS) is 9.20. The highest BCUT2D eigenvalue weighted by Crippen LogP contribution is 2.00. The van der Waals surface area contributed by atoms with Crippen LogP contribution >= 0.6 is 0 Å². The summed E-state index contributed by atoms with van der Waals surface area (Å²) in [5.41, 5.74) is 4.92. The minimum Gasteiger partial charge on any atom is -0.365 e. The molecule has 0 fully saturated rings. The molecular formula is C4H5N5O. The van der Waals surface area contributed by atoms with Crippen molar-refractivity contribution >= 4 is 11.5 Å². The van der Waals surface area contributed by atoms with Crippen LogP contribution in [0.5, 0.6) is 0 Å². The SMILES string of the molecule is C=C(C(N)=O)c1nn[nH]n1. The van der Waals surface area contributed by atoms with Crippen LogP contribution in [0.2, 0.25) is 0 Å². The first-order valence-corrected chi connectivity index (χ1v) is 2.44. The second-order valence-corrected chi connectivity index (χ2v) is 1.58. The molecule has 0 radical (unpaired) electrons. The van der Waals surface area contributed by atoms with E-state index in [1.807, 2.05) is 0 Å². The lowest BCUT2D eigenvalue weighted by Crippen LogP contribution is -2.12. The maximum absolute atomic E-state index is 10.4. The number of tetrazole rings is 1. The standard InChI is InChI=1S/C4H5N5O/c1-2(3(5)10)4-6-8-9-7-4/h1H2,(H2,5,10)(H,6,7,8,9). The number of nitrogens with zero attached hydrogens (tertiary/aromatic N) is 3. The quantitative estimate of drug-likeness (QED) is 0.497. The molecule has 1 heterocycles. The lowest BCUT2D eigenvalue weighted by molar-refractivity contribution is -0.112. The number of carbonyl (C=O) groups is 1. The van der Waals surface area contributed by atoms with Crippen LogP contribution in [0, 0.1) is 0 Å². The van der Waals surface area contributed by atoms with Crippen molar-refractivity contribution in [1.82, 2.24) is 20.6 Å². The van der Waals surface area contributed by atoms with Gasteiger partial charge in [-0.15, -0.1) is 10.2 Å². The molecule has 0 aromatic carbocycles. The van der Waals surface area contributed by atoms with Crippen LogP contribution in [0.1, 0.15) is 5.82 Å². The number of hydrogen-bond acceptors (Lipinski definition) is 4. The Hall–Kier alpha value is -1.72. The van der Waals surface area contributed by atoms with Crippen LogP contribution in [0.3, 0.4) is 0 Å². The first-order valence-electron chi connectivity index (χ1n) is 2.44. The van der Waals surface area contributed by atoms with Crippen LogP contribution in [0.15, 0.2) is 6.58 Å². The summed E-state index contributed by atoms with van der Waals surface area (Å²) in [5, 5.41) is 12.4. The summed E-state index contributed by atoms with van der Waals surface area (Å²) in [6.07, 6.45) is 0. The predicted octanol–water partition coefficient (Wildman–Crippen LogP) is -1.30. The first kappa shape index (κ1) is 6.40. The van der Waals surface area contributed by atoms with E-state index >= 15 is 0 Å². The maximum atomic E-state index is 10.4. The molecule has 0 saturated heterocycles. The Labute approximate surface area is 56.1 Å². The van der Waals surface area contributed by atoms with Crippen LogP contribution in [-0.4, -0.2) is 26.5 Å². The zero-order valence-electron chi connectivity index (χ0n) is 5.03. The summed E-state index contributed by atoms with van der Waals surface area (Å²) >= 11 is 0. The number of nitrogens with one attached hydrogen (secondary N) is 1. The summed E-state index contributed by atoms with van der Waals surface area (Å²) in [6.45, 7) is 3.34. The topological polar surface area (TPSA) is 97.5 Å². The molecule has 3 N–H and O–H groups in total. The van der Waals surface area contributed by atoms with E-state index in [1.54, 1.807) is 0 Å². The highest BCUT2D eigenvalue weighted by atomic mass is 16.1. The van der Waals surface area contributed by atoms with Gasteiger partial charge in [0.15, 0.2) is 0 Å². The summed E-state index contributed by atoms with van der Waals surface area (Å²) in [4.78, 5) is 10.4. The van der Waals surface area contributed by atoms with Crippen molar-refractivity contribution < 1.29 is 4.79 Å². The van der Waals surface area contributed by atoms with E-state index < -0.39 is 5.91 Å². The zero-order valence-corrected chi connectivity index (χ0v) is 5.03. The predicted molar refractivity (Wildman–Crippen MR) is 32.4 cm³/mol. The van der Waals surface area contributed by atoms with E-state index in [0.717, 1.165) is 0 Å². The molecule has 0 saturated carbocycles. The number of carbonyl (C=O) groups excluding carboxylic acids is 1. The lowest BCUT2D eigenvalue weighted by Gasteiger charge is -1.88. The number of rotatable bonds is 2. The van der Waals surface area contributed by atoms with Gasteiger partial charge in [0.2, 0.25) is 5.82 Å². The van der Waals surface area contributed by atoms with E-state index in [-0.39, 0.29) is 11.4 Å². The molecule has 6 heteroatoms. The van der Waals surface area contributed by atoms with Crippen LogP contribution in [0.25, 0.3) is 5.57 Å². The van der Waals surface area contributed by atoms with Gasteiger partial charge in [0, 0.05) is 0 Å². The van der Waals surface area contributed by atoms with Crippen molar-refractivity contribution in [3.8, 4) is 0 Å². The van der Waals surface area contributed by atoms with Crippen LogP contribution in [0.4, 0.5) is 0 Å². The molecule has 1 rings (SSSR count). The molecule has 0 atom stereocenters. The molecule has 10 heavy (non-hydrogen) atoms. The van der Waals surface area contributed by atoms with Gasteiger partial charge in [-0.25, -0.2) is 0 Å². The fourth-order valence-electron chi connectivity index (χ4n) is 0.400. The number of aromatic amines is 1. The molecule has 0 spiro atoms. The highest BCUT2D eigenvalue weighted by Gasteiger charge is 2.08. The van der Waals surface area contributed by atoms with Gasteiger partial charge in [-0.1, -0.05) is 6.58 Å². The Morgan fingerprint density at radius 2 is 2.40 bits per heavy atom. The van der Waals surface area contributed by atoms with Gasteiger partial charge < -0.3 is 5.73 Å². The fraction of sp³-hybridized carbons (Fsp3) is 0. The fourth-order valence-corrected chi connectivity index (χ4v) is 0.400. The van der Waals surface area contributed by atoms with Crippen LogP contribution < -0.4 is 5.73 Å². The summed E-state index contributed by atoms with van der Waals surface area (Å²) in [7, 11) is 0. The molecule has 0 aliphatic heterocycles. The van der Waals surface area contributed by atoms with Gasteiger partial charge in [0.1, 0.15) is 0 Å². The van der Waals surface area contributed by atoms with Gasteiger partial charge in [-0.05, 0) is 5.21 Å². The molecule has 0 aliphatic rings. The second-order valence-electron chi connectivity index (χ2n) is 1.58. The Morgan fingerprint density at radius 3 is 2.80 bits per heavy atom. The molecule has 6 nitrogen and oxygen atoms in total. The number of primary amides is 1. The second kappa shape index (κ2) is 2.26. The molecule has 1 amide bonds. The largest absolute Gasteiger partial charge is 0.365 e. The van der Waals surface area contributed by atoms with Gasteiger partial charge in [-0.3, -0.25) is 4.79 Å². The Morgan fingerprint density at radius 1 is 1.70 bits per heavy atom. The van der Waals surface area contributed by atoms with E-state index in [1.165, 1.54) is 0 Å². The molecule has 0 aliphatic carbocycles. The molecule has 1 aromatic rings.